The van der Waals surface area contributed by atoms with Crippen LogP contribution >= 0.6 is 11.3 Å². The van der Waals surface area contributed by atoms with Crippen LogP contribution in [0, 0.1) is 12.7 Å². The summed E-state index contributed by atoms with van der Waals surface area (Å²) >= 11 is 1.27. The van der Waals surface area contributed by atoms with E-state index in [9.17, 15) is 9.18 Å². The lowest BCUT2D eigenvalue weighted by molar-refractivity contribution is 0.0954. The van der Waals surface area contributed by atoms with E-state index in [1.54, 1.807) is 37.6 Å². The number of anilines is 1. The van der Waals surface area contributed by atoms with Crippen molar-refractivity contribution in [2.45, 2.75) is 19.9 Å². The number of pyridine rings is 1. The molecule has 3 heterocycles. The van der Waals surface area contributed by atoms with Gasteiger partial charge in [-0.05, 0) is 36.8 Å². The number of carbonyl (C=O) groups is 1. The van der Waals surface area contributed by atoms with Crippen molar-refractivity contribution in [2.24, 2.45) is 0 Å². The van der Waals surface area contributed by atoms with Gasteiger partial charge in [0.15, 0.2) is 0 Å². The molecule has 1 N–H and O–H groups in total. The van der Waals surface area contributed by atoms with Gasteiger partial charge in [-0.15, -0.1) is 11.3 Å². The van der Waals surface area contributed by atoms with Crippen LogP contribution in [0.4, 0.5) is 10.2 Å². The third-order valence-corrected chi connectivity index (χ3v) is 6.21. The van der Waals surface area contributed by atoms with Crippen molar-refractivity contribution in [3.05, 3.63) is 88.7 Å². The van der Waals surface area contributed by atoms with Gasteiger partial charge < -0.3 is 10.2 Å². The molecule has 0 unspecified atom stereocenters. The van der Waals surface area contributed by atoms with Gasteiger partial charge in [-0.25, -0.2) is 14.4 Å². The van der Waals surface area contributed by atoms with Gasteiger partial charge in [0.2, 0.25) is 0 Å². The molecule has 0 saturated carbocycles. The van der Waals surface area contributed by atoms with Gasteiger partial charge in [0.25, 0.3) is 5.91 Å². The molecule has 0 radical (unpaired) electrons. The average molecular weight is 463 g/mol. The molecule has 0 saturated heterocycles. The summed E-state index contributed by atoms with van der Waals surface area (Å²) in [6, 6.07) is 11.9. The summed E-state index contributed by atoms with van der Waals surface area (Å²) in [5.41, 5.74) is 3.07. The van der Waals surface area contributed by atoms with Crippen LogP contribution in [0.2, 0.25) is 0 Å². The SMILES string of the molecule is Cc1nc(-c2cncc(N(C)CCc3ccccn3)n2)sc1C(=O)NCc1ccc(F)cc1. The highest BCUT2D eigenvalue weighted by Gasteiger charge is 2.18. The molecule has 4 aromatic rings. The Kier molecular flexibility index (Phi) is 6.99. The van der Waals surface area contributed by atoms with Crippen LogP contribution < -0.4 is 10.2 Å². The van der Waals surface area contributed by atoms with Gasteiger partial charge in [0.05, 0.1) is 18.1 Å². The monoisotopic (exact) mass is 462 g/mol. The standard InChI is InChI=1S/C24H23FN6OS/c1-16-22(23(32)28-13-17-6-8-18(25)9-7-17)33-24(29-16)20-14-26-15-21(30-20)31(2)12-10-19-5-3-4-11-27-19/h3-9,11,14-15H,10,12-13H2,1-2H3,(H,28,32). The summed E-state index contributed by atoms with van der Waals surface area (Å²) in [7, 11) is 1.96. The maximum atomic E-state index is 13.1. The highest BCUT2D eigenvalue weighted by Crippen LogP contribution is 2.27. The van der Waals surface area contributed by atoms with Crippen LogP contribution in [0.5, 0.6) is 0 Å². The Bertz CT molecular complexity index is 1230. The fourth-order valence-electron chi connectivity index (χ4n) is 3.17. The van der Waals surface area contributed by atoms with Crippen molar-refractivity contribution in [3.8, 4) is 10.7 Å². The summed E-state index contributed by atoms with van der Waals surface area (Å²) in [6.45, 7) is 2.84. The Balaban J connectivity index is 1.43. The lowest BCUT2D eigenvalue weighted by Crippen LogP contribution is -2.22. The van der Waals surface area contributed by atoms with Gasteiger partial charge in [-0.3, -0.25) is 14.8 Å². The minimum Gasteiger partial charge on any atom is -0.358 e. The van der Waals surface area contributed by atoms with E-state index in [-0.39, 0.29) is 11.7 Å². The summed E-state index contributed by atoms with van der Waals surface area (Å²) < 4.78 is 13.1. The molecule has 168 valence electrons. The number of benzene rings is 1. The first kappa shape index (κ1) is 22.5. The van der Waals surface area contributed by atoms with E-state index in [1.165, 1.54) is 23.5 Å². The first-order valence-corrected chi connectivity index (χ1v) is 11.2. The summed E-state index contributed by atoms with van der Waals surface area (Å²) in [5, 5.41) is 3.49. The van der Waals surface area contributed by atoms with Gasteiger partial charge in [0.1, 0.15) is 27.2 Å². The van der Waals surface area contributed by atoms with Gasteiger partial charge in [-0.1, -0.05) is 18.2 Å². The third kappa shape index (κ3) is 5.75. The number of amides is 1. The van der Waals surface area contributed by atoms with Crippen molar-refractivity contribution < 1.29 is 9.18 Å². The fourth-order valence-corrected chi connectivity index (χ4v) is 4.10. The number of hydrogen-bond acceptors (Lipinski definition) is 7. The van der Waals surface area contributed by atoms with Crippen LogP contribution in [-0.2, 0) is 13.0 Å². The van der Waals surface area contributed by atoms with E-state index in [4.69, 9.17) is 4.98 Å². The third-order valence-electron chi connectivity index (χ3n) is 5.03. The number of halogens is 1. The molecule has 0 aliphatic rings. The molecule has 4 rings (SSSR count). The van der Waals surface area contributed by atoms with Crippen molar-refractivity contribution >= 4 is 23.1 Å². The smallest absolute Gasteiger partial charge is 0.263 e. The summed E-state index contributed by atoms with van der Waals surface area (Å²) in [6.07, 6.45) is 5.93. The maximum absolute atomic E-state index is 13.1. The predicted octanol–water partition coefficient (Wildman–Crippen LogP) is 4.05. The van der Waals surface area contributed by atoms with Crippen molar-refractivity contribution in [1.82, 2.24) is 25.3 Å². The zero-order valence-corrected chi connectivity index (χ0v) is 19.1. The first-order chi connectivity index (χ1) is 16.0. The minimum atomic E-state index is -0.307. The summed E-state index contributed by atoms with van der Waals surface area (Å²) in [4.78, 5) is 33.1. The van der Waals surface area contributed by atoms with Crippen LogP contribution in [0.1, 0.15) is 26.6 Å². The van der Waals surface area contributed by atoms with Crippen LogP contribution in [0.15, 0.2) is 61.1 Å². The molecule has 0 spiro atoms. The molecule has 0 fully saturated rings. The Labute approximate surface area is 195 Å². The quantitative estimate of drug-likeness (QED) is 0.425. The second-order valence-electron chi connectivity index (χ2n) is 7.50. The molecule has 9 heteroatoms. The highest BCUT2D eigenvalue weighted by molar-refractivity contribution is 7.17. The molecule has 7 nitrogen and oxygen atoms in total. The van der Waals surface area contributed by atoms with Gasteiger partial charge >= 0.3 is 0 Å². The zero-order valence-electron chi connectivity index (χ0n) is 18.3. The molecule has 0 bridgehead atoms. The lowest BCUT2D eigenvalue weighted by atomic mass is 10.2. The van der Waals surface area contributed by atoms with E-state index >= 15 is 0 Å². The molecule has 0 atom stereocenters. The largest absolute Gasteiger partial charge is 0.358 e. The van der Waals surface area contributed by atoms with Crippen molar-refractivity contribution in [3.63, 3.8) is 0 Å². The molecule has 0 aliphatic heterocycles. The van der Waals surface area contributed by atoms with Gasteiger partial charge in [-0.2, -0.15) is 0 Å². The van der Waals surface area contributed by atoms with E-state index < -0.39 is 0 Å². The van der Waals surface area contributed by atoms with Crippen molar-refractivity contribution in [2.75, 3.05) is 18.5 Å². The van der Waals surface area contributed by atoms with E-state index in [1.807, 2.05) is 30.1 Å². The van der Waals surface area contributed by atoms with Crippen LogP contribution in [0.3, 0.4) is 0 Å². The average Bonchev–Trinajstić information content (AvgIpc) is 3.24. The molecular weight excluding hydrogens is 439 g/mol. The molecular formula is C24H23FN6OS. The molecule has 1 aromatic carbocycles. The van der Waals surface area contributed by atoms with Crippen LogP contribution in [0.25, 0.3) is 10.7 Å². The molecule has 1 amide bonds. The van der Waals surface area contributed by atoms with E-state index in [0.717, 1.165) is 30.0 Å². The number of nitrogens with zero attached hydrogens (tertiary/aromatic N) is 5. The second kappa shape index (κ2) is 10.3. The van der Waals surface area contributed by atoms with Crippen molar-refractivity contribution in [1.29, 1.82) is 0 Å². The molecule has 33 heavy (non-hydrogen) atoms. The number of nitrogens with one attached hydrogen (secondary N) is 1. The Morgan fingerprint density at radius 1 is 1.12 bits per heavy atom. The number of carbonyl (C=O) groups excluding carboxylic acids is 1. The first-order valence-electron chi connectivity index (χ1n) is 10.4. The zero-order chi connectivity index (χ0) is 23.2. The fraction of sp³-hybridized carbons (Fsp3) is 0.208. The Hall–Kier alpha value is -3.72. The number of rotatable bonds is 8. The number of thiazole rings is 1. The minimum absolute atomic E-state index is 0.225. The molecule has 3 aromatic heterocycles. The van der Waals surface area contributed by atoms with Gasteiger partial charge in [0, 0.05) is 38.4 Å². The summed E-state index contributed by atoms with van der Waals surface area (Å²) in [5.74, 6) is 0.189. The number of aryl methyl sites for hydroxylation is 1. The predicted molar refractivity (Wildman–Crippen MR) is 127 cm³/mol. The molecule has 0 aliphatic carbocycles. The second-order valence-corrected chi connectivity index (χ2v) is 8.50. The van der Waals surface area contributed by atoms with Crippen LogP contribution in [-0.4, -0.2) is 39.4 Å². The normalized spacial score (nSPS) is 10.8. The maximum Gasteiger partial charge on any atom is 0.263 e. The number of hydrogen-bond donors (Lipinski definition) is 1. The highest BCUT2D eigenvalue weighted by atomic mass is 32.1. The Morgan fingerprint density at radius 2 is 1.94 bits per heavy atom. The topological polar surface area (TPSA) is 83.9 Å². The number of likely N-dealkylation sites (N-methyl/N-ethyl adjacent to an activating group) is 1. The van der Waals surface area contributed by atoms with E-state index in [2.05, 4.69) is 20.3 Å². The Morgan fingerprint density at radius 3 is 2.70 bits per heavy atom. The van der Waals surface area contributed by atoms with E-state index in [0.29, 0.717) is 27.8 Å². The lowest BCUT2D eigenvalue weighted by Gasteiger charge is -2.17. The number of aromatic nitrogens is 4.